The summed E-state index contributed by atoms with van der Waals surface area (Å²) < 4.78 is 0. The van der Waals surface area contributed by atoms with Gasteiger partial charge in [0.1, 0.15) is 0 Å². The summed E-state index contributed by atoms with van der Waals surface area (Å²) in [6.07, 6.45) is 5.33. The third-order valence-corrected chi connectivity index (χ3v) is 8.38. The van der Waals surface area contributed by atoms with E-state index in [1.54, 1.807) is 0 Å². The van der Waals surface area contributed by atoms with Gasteiger partial charge in [0.05, 0.1) is 23.3 Å². The number of aryl methyl sites for hydroxylation is 1. The van der Waals surface area contributed by atoms with E-state index in [0.717, 1.165) is 28.9 Å². The van der Waals surface area contributed by atoms with Gasteiger partial charge < -0.3 is 20.4 Å². The van der Waals surface area contributed by atoms with E-state index < -0.39 is 0 Å². The molecule has 5 rings (SSSR count). The number of carbonyl (C=O) groups is 1. The molecule has 39 heavy (non-hydrogen) atoms. The average Bonchev–Trinajstić information content (AvgIpc) is 3.27. The van der Waals surface area contributed by atoms with Crippen molar-refractivity contribution in [2.45, 2.75) is 58.2 Å². The second-order valence-electron chi connectivity index (χ2n) is 10.9. The first kappa shape index (κ1) is 26.9. The van der Waals surface area contributed by atoms with Crippen LogP contribution in [0.5, 0.6) is 0 Å². The predicted octanol–water partition coefficient (Wildman–Crippen LogP) is 6.28. The highest BCUT2D eigenvalue weighted by Gasteiger charge is 2.40. The molecule has 3 heterocycles. The minimum Gasteiger partial charge on any atom is -0.366 e. The number of benzene rings is 2. The minimum atomic E-state index is -0.123. The van der Waals surface area contributed by atoms with Crippen LogP contribution in [0.15, 0.2) is 72.9 Å². The zero-order valence-electron chi connectivity index (χ0n) is 23.4. The van der Waals surface area contributed by atoms with Gasteiger partial charge >= 0.3 is 0 Å². The average molecular weight is 540 g/mol. The summed E-state index contributed by atoms with van der Waals surface area (Å²) in [7, 11) is 2.14. The Labute approximate surface area is 237 Å². The van der Waals surface area contributed by atoms with Gasteiger partial charge in [-0.05, 0) is 86.4 Å². The molecule has 202 valence electrons. The lowest BCUT2D eigenvalue weighted by atomic mass is 9.86. The van der Waals surface area contributed by atoms with Crippen molar-refractivity contribution in [2.75, 3.05) is 23.8 Å². The fourth-order valence-electron chi connectivity index (χ4n) is 5.76. The number of fused-ring (bicyclic) bond motifs is 1. The van der Waals surface area contributed by atoms with Crippen LogP contribution in [0, 0.1) is 0 Å². The second kappa shape index (κ2) is 10.8. The van der Waals surface area contributed by atoms with Crippen LogP contribution in [-0.4, -0.2) is 40.0 Å². The quantitative estimate of drug-likeness (QED) is 0.345. The Bertz CT molecular complexity index is 1420. The third kappa shape index (κ3) is 5.28. The summed E-state index contributed by atoms with van der Waals surface area (Å²) in [5.74, 6) is -0.0215. The van der Waals surface area contributed by atoms with Crippen molar-refractivity contribution in [1.82, 2.24) is 15.2 Å². The largest absolute Gasteiger partial charge is 0.366 e. The normalized spacial score (nSPS) is 19.8. The molecular formula is C32H37N5OS. The van der Waals surface area contributed by atoms with E-state index in [0.29, 0.717) is 18.1 Å². The van der Waals surface area contributed by atoms with Crippen molar-refractivity contribution < 1.29 is 4.79 Å². The van der Waals surface area contributed by atoms with Crippen LogP contribution in [-0.2, 0) is 11.2 Å². The van der Waals surface area contributed by atoms with Crippen LogP contribution in [0.1, 0.15) is 68.6 Å². The van der Waals surface area contributed by atoms with Gasteiger partial charge in [0.2, 0.25) is 5.91 Å². The van der Waals surface area contributed by atoms with Crippen LogP contribution in [0.4, 0.5) is 11.4 Å². The first-order chi connectivity index (χ1) is 18.7. The molecule has 6 nitrogen and oxygen atoms in total. The number of rotatable bonds is 7. The zero-order chi connectivity index (χ0) is 27.7. The minimum absolute atomic E-state index is 0.0215. The highest BCUT2D eigenvalue weighted by molar-refractivity contribution is 7.80. The van der Waals surface area contributed by atoms with Crippen molar-refractivity contribution in [3.63, 3.8) is 0 Å². The number of aromatic nitrogens is 1. The summed E-state index contributed by atoms with van der Waals surface area (Å²) in [6.45, 7) is 9.24. The molecule has 3 aromatic rings. The molecule has 1 aromatic heterocycles. The molecule has 0 aliphatic carbocycles. The molecule has 1 amide bonds. The first-order valence-electron chi connectivity index (χ1n) is 13.6. The fourth-order valence-corrected chi connectivity index (χ4v) is 6.09. The molecule has 0 bridgehead atoms. The van der Waals surface area contributed by atoms with Gasteiger partial charge in [-0.2, -0.15) is 0 Å². The number of para-hydroxylation sites is 1. The maximum atomic E-state index is 13.0. The summed E-state index contributed by atoms with van der Waals surface area (Å²) >= 11 is 5.84. The number of likely N-dealkylation sites (N-methyl/N-ethyl adjacent to an activating group) is 1. The standard InChI is InChI=1S/C32H37N5OS/c1-6-22-11-7-8-12-25(22)34-28(38)16-18-37-30(29(35-31(37)39)26-13-9-10-17-33-26)23-14-15-27-24(19-23)21(2)20-32(3,4)36(27)5/h7-15,17,19-20,29-30H,6,16,18H2,1-5H3,(H,34,38)(H,35,39). The Balaban J connectivity index is 1.45. The van der Waals surface area contributed by atoms with Crippen molar-refractivity contribution in [3.05, 3.63) is 95.3 Å². The van der Waals surface area contributed by atoms with Gasteiger partial charge in [-0.3, -0.25) is 9.78 Å². The number of nitrogens with zero attached hydrogens (tertiary/aromatic N) is 3. The van der Waals surface area contributed by atoms with E-state index >= 15 is 0 Å². The summed E-state index contributed by atoms with van der Waals surface area (Å²) in [5.41, 5.74) is 7.72. The Morgan fingerprint density at radius 1 is 1.13 bits per heavy atom. The number of anilines is 2. The first-order valence-corrected chi connectivity index (χ1v) is 14.0. The van der Waals surface area contributed by atoms with Crippen molar-refractivity contribution in [1.29, 1.82) is 0 Å². The molecule has 1 fully saturated rings. The number of thiocarbonyl (C=S) groups is 1. The monoisotopic (exact) mass is 539 g/mol. The lowest BCUT2D eigenvalue weighted by Gasteiger charge is -2.41. The number of hydrogen-bond donors (Lipinski definition) is 2. The maximum absolute atomic E-state index is 13.0. The number of hydrogen-bond acceptors (Lipinski definition) is 4. The Kier molecular flexibility index (Phi) is 7.45. The molecule has 7 heteroatoms. The van der Waals surface area contributed by atoms with Gasteiger partial charge in [0, 0.05) is 43.1 Å². The lowest BCUT2D eigenvalue weighted by Crippen LogP contribution is -2.42. The van der Waals surface area contributed by atoms with E-state index in [2.05, 4.69) is 84.4 Å². The van der Waals surface area contributed by atoms with Crippen molar-refractivity contribution in [2.24, 2.45) is 0 Å². The summed E-state index contributed by atoms with van der Waals surface area (Å²) in [6, 6.07) is 20.4. The van der Waals surface area contributed by atoms with Crippen LogP contribution < -0.4 is 15.5 Å². The van der Waals surface area contributed by atoms with E-state index in [9.17, 15) is 4.79 Å². The molecule has 2 unspecified atom stereocenters. The molecule has 2 N–H and O–H groups in total. The fraction of sp³-hybridized carbons (Fsp3) is 0.344. The van der Waals surface area contributed by atoms with Crippen LogP contribution >= 0.6 is 12.2 Å². The van der Waals surface area contributed by atoms with Gasteiger partial charge in [-0.1, -0.05) is 43.3 Å². The van der Waals surface area contributed by atoms with Crippen LogP contribution in [0.25, 0.3) is 5.57 Å². The molecule has 0 spiro atoms. The molecular weight excluding hydrogens is 502 g/mol. The highest BCUT2D eigenvalue weighted by Crippen LogP contribution is 2.43. The van der Waals surface area contributed by atoms with Crippen LogP contribution in [0.2, 0.25) is 0 Å². The smallest absolute Gasteiger partial charge is 0.226 e. The Morgan fingerprint density at radius 2 is 1.90 bits per heavy atom. The molecule has 0 radical (unpaired) electrons. The maximum Gasteiger partial charge on any atom is 0.226 e. The Hall–Kier alpha value is -3.71. The van der Waals surface area contributed by atoms with Crippen molar-refractivity contribution in [3.8, 4) is 0 Å². The van der Waals surface area contributed by atoms with E-state index in [1.165, 1.54) is 16.8 Å². The molecule has 0 saturated carbocycles. The van der Waals surface area contributed by atoms with Gasteiger partial charge in [0.15, 0.2) is 5.11 Å². The number of allylic oxidation sites excluding steroid dienone is 1. The topological polar surface area (TPSA) is 60.5 Å². The number of pyridine rings is 1. The highest BCUT2D eigenvalue weighted by atomic mass is 32.1. The molecule has 1 saturated heterocycles. The van der Waals surface area contributed by atoms with Gasteiger partial charge in [-0.25, -0.2) is 0 Å². The van der Waals surface area contributed by atoms with Crippen LogP contribution in [0.3, 0.4) is 0 Å². The van der Waals surface area contributed by atoms with E-state index in [4.69, 9.17) is 12.2 Å². The SMILES string of the molecule is CCc1ccccc1NC(=O)CCN1C(=S)NC(c2ccccn2)C1c1ccc2c(c1)C(C)=CC(C)(C)N2C. The molecule has 2 aromatic carbocycles. The Morgan fingerprint density at radius 3 is 2.64 bits per heavy atom. The summed E-state index contributed by atoms with van der Waals surface area (Å²) in [5, 5.41) is 7.25. The molecule has 2 aliphatic rings. The number of amides is 1. The molecule has 2 atom stereocenters. The predicted molar refractivity (Wildman–Crippen MR) is 164 cm³/mol. The number of nitrogens with one attached hydrogen (secondary N) is 2. The van der Waals surface area contributed by atoms with Gasteiger partial charge in [-0.15, -0.1) is 0 Å². The van der Waals surface area contributed by atoms with Crippen molar-refractivity contribution >= 4 is 40.2 Å². The summed E-state index contributed by atoms with van der Waals surface area (Å²) in [4.78, 5) is 22.2. The van der Waals surface area contributed by atoms with E-state index in [-0.39, 0.29) is 23.5 Å². The second-order valence-corrected chi connectivity index (χ2v) is 11.3. The molecule has 2 aliphatic heterocycles. The number of carbonyl (C=O) groups excluding carboxylic acids is 1. The zero-order valence-corrected chi connectivity index (χ0v) is 24.2. The van der Waals surface area contributed by atoms with E-state index in [1.807, 2.05) is 48.7 Å². The van der Waals surface area contributed by atoms with Gasteiger partial charge in [0.25, 0.3) is 0 Å². The lowest BCUT2D eigenvalue weighted by molar-refractivity contribution is -0.116. The third-order valence-electron chi connectivity index (χ3n) is 8.03.